The summed E-state index contributed by atoms with van der Waals surface area (Å²) in [5.41, 5.74) is 0.953. The number of aliphatic carboxylic acids is 1. The molecule has 0 aliphatic rings. The molecule has 160 valence electrons. The number of amides is 1. The van der Waals surface area contributed by atoms with Gasteiger partial charge in [-0.2, -0.15) is 0 Å². The Hall–Kier alpha value is -3.55. The first kappa shape index (κ1) is 22.7. The lowest BCUT2D eigenvalue weighted by Crippen LogP contribution is -2.45. The van der Waals surface area contributed by atoms with Crippen molar-refractivity contribution in [2.24, 2.45) is 0 Å². The zero-order chi connectivity index (χ0) is 22.3. The molecule has 0 heterocycles. The molecule has 1 amide bonds. The van der Waals surface area contributed by atoms with Crippen molar-refractivity contribution in [3.8, 4) is 17.2 Å². The van der Waals surface area contributed by atoms with E-state index >= 15 is 0 Å². The van der Waals surface area contributed by atoms with Crippen molar-refractivity contribution in [2.75, 3.05) is 28.4 Å². The second kappa shape index (κ2) is 10.3. The maximum Gasteiger partial charge on any atom is 0.326 e. The highest BCUT2D eigenvalue weighted by Gasteiger charge is 2.31. The average molecular weight is 415 g/mol. The smallest absolute Gasteiger partial charge is 0.326 e. The van der Waals surface area contributed by atoms with Crippen LogP contribution >= 0.6 is 0 Å². The van der Waals surface area contributed by atoms with Crippen LogP contribution in [0.1, 0.15) is 22.3 Å². The van der Waals surface area contributed by atoms with E-state index in [1.165, 1.54) is 40.5 Å². The van der Waals surface area contributed by atoms with Crippen LogP contribution in [0.15, 0.2) is 42.5 Å². The van der Waals surface area contributed by atoms with E-state index in [1.807, 2.05) is 30.3 Å². The van der Waals surface area contributed by atoms with E-state index < -0.39 is 23.7 Å². The van der Waals surface area contributed by atoms with Crippen LogP contribution in [0, 0.1) is 0 Å². The van der Waals surface area contributed by atoms with Gasteiger partial charge in [-0.05, 0) is 30.5 Å². The number of rotatable bonds is 10. The van der Waals surface area contributed by atoms with Gasteiger partial charge in [-0.3, -0.25) is 9.59 Å². The third-order valence-corrected chi connectivity index (χ3v) is 4.74. The number of carboxylic acids is 1. The molecule has 2 aromatic carbocycles. The fraction of sp³-hybridized carbons (Fsp3) is 0.318. The number of aryl methyl sites for hydroxylation is 1. The normalized spacial score (nSPS) is 11.3. The number of ether oxygens (including phenoxy) is 3. The summed E-state index contributed by atoms with van der Waals surface area (Å²) in [6.45, 7) is 0. The number of likely N-dealkylation sites (N-methyl/N-ethyl adjacent to an activating group) is 1. The molecule has 0 aromatic heterocycles. The fourth-order valence-electron chi connectivity index (χ4n) is 3.07. The maximum atomic E-state index is 12.8. The average Bonchev–Trinajstić information content (AvgIpc) is 2.77. The molecule has 0 bridgehead atoms. The number of carboxylic acid groups (broad SMARTS) is 1. The molecule has 1 N–H and O–H groups in total. The van der Waals surface area contributed by atoms with Gasteiger partial charge in [-0.15, -0.1) is 0 Å². The molecule has 0 aliphatic heterocycles. The van der Waals surface area contributed by atoms with E-state index in [1.54, 1.807) is 0 Å². The predicted molar refractivity (Wildman–Crippen MR) is 109 cm³/mol. The van der Waals surface area contributed by atoms with Crippen LogP contribution in [0.4, 0.5) is 0 Å². The number of hydrogen-bond donors (Lipinski definition) is 1. The SMILES string of the molecule is COc1cc(C(=O)C(=O)N(C)C(CCc2ccccc2)C(=O)O)cc(OC)c1OC. The number of nitrogens with zero attached hydrogens (tertiary/aromatic N) is 1. The van der Waals surface area contributed by atoms with Crippen LogP contribution in [0.3, 0.4) is 0 Å². The summed E-state index contributed by atoms with van der Waals surface area (Å²) in [6, 6.07) is 10.9. The minimum absolute atomic E-state index is 0.00791. The van der Waals surface area contributed by atoms with Gasteiger partial charge >= 0.3 is 5.97 Å². The summed E-state index contributed by atoms with van der Waals surface area (Å²) in [7, 11) is 5.51. The second-order valence-corrected chi connectivity index (χ2v) is 6.54. The van der Waals surface area contributed by atoms with Gasteiger partial charge in [0.1, 0.15) is 6.04 Å². The van der Waals surface area contributed by atoms with E-state index in [-0.39, 0.29) is 29.2 Å². The van der Waals surface area contributed by atoms with E-state index in [9.17, 15) is 19.5 Å². The van der Waals surface area contributed by atoms with Crippen molar-refractivity contribution in [3.05, 3.63) is 53.6 Å². The summed E-state index contributed by atoms with van der Waals surface area (Å²) < 4.78 is 15.6. The highest BCUT2D eigenvalue weighted by molar-refractivity contribution is 6.43. The molecule has 0 saturated heterocycles. The van der Waals surface area contributed by atoms with Gasteiger partial charge in [-0.1, -0.05) is 30.3 Å². The van der Waals surface area contributed by atoms with Gasteiger partial charge in [0.25, 0.3) is 11.7 Å². The third-order valence-electron chi connectivity index (χ3n) is 4.74. The molecule has 0 fully saturated rings. The summed E-state index contributed by atoms with van der Waals surface area (Å²) >= 11 is 0. The highest BCUT2D eigenvalue weighted by atomic mass is 16.5. The Bertz CT molecular complexity index is 886. The van der Waals surface area contributed by atoms with E-state index in [4.69, 9.17) is 14.2 Å². The van der Waals surface area contributed by atoms with Crippen molar-refractivity contribution in [1.82, 2.24) is 4.90 Å². The number of methoxy groups -OCH3 is 3. The van der Waals surface area contributed by atoms with Crippen molar-refractivity contribution in [2.45, 2.75) is 18.9 Å². The van der Waals surface area contributed by atoms with Crippen LogP contribution in [0.5, 0.6) is 17.2 Å². The molecule has 0 saturated carbocycles. The number of carbonyl (C=O) groups excluding carboxylic acids is 2. The first-order valence-electron chi connectivity index (χ1n) is 9.22. The van der Waals surface area contributed by atoms with Crippen LogP contribution in [-0.4, -0.2) is 62.1 Å². The molecule has 1 atom stereocenters. The summed E-state index contributed by atoms with van der Waals surface area (Å²) in [5, 5.41) is 9.59. The lowest BCUT2D eigenvalue weighted by atomic mass is 10.0. The van der Waals surface area contributed by atoms with Crippen molar-refractivity contribution in [1.29, 1.82) is 0 Å². The van der Waals surface area contributed by atoms with E-state index in [0.29, 0.717) is 6.42 Å². The molecule has 0 spiro atoms. The van der Waals surface area contributed by atoms with Crippen molar-refractivity contribution < 1.29 is 33.7 Å². The summed E-state index contributed by atoms with van der Waals surface area (Å²) in [5.74, 6) is -2.28. The molecule has 1 unspecified atom stereocenters. The summed E-state index contributed by atoms with van der Waals surface area (Å²) in [4.78, 5) is 38.2. The third kappa shape index (κ3) is 5.08. The zero-order valence-electron chi connectivity index (χ0n) is 17.4. The largest absolute Gasteiger partial charge is 0.493 e. The molecule has 30 heavy (non-hydrogen) atoms. The Labute approximate surface area is 175 Å². The molecule has 2 aromatic rings. The Balaban J connectivity index is 2.24. The van der Waals surface area contributed by atoms with Crippen LogP contribution in [-0.2, 0) is 16.0 Å². The molecule has 2 rings (SSSR count). The monoisotopic (exact) mass is 415 g/mol. The number of carbonyl (C=O) groups is 3. The zero-order valence-corrected chi connectivity index (χ0v) is 17.4. The molecule has 0 radical (unpaired) electrons. The predicted octanol–water partition coefficient (Wildman–Crippen LogP) is 2.44. The Kier molecular flexibility index (Phi) is 7.80. The quantitative estimate of drug-likeness (QED) is 0.470. The standard InChI is InChI=1S/C22H25NO7/c1-23(16(22(26)27)11-10-14-8-6-5-7-9-14)21(25)19(24)15-12-17(28-2)20(30-4)18(13-15)29-3/h5-9,12-13,16H,10-11H2,1-4H3,(H,26,27). The van der Waals surface area contributed by atoms with Crippen LogP contribution in [0.2, 0.25) is 0 Å². The van der Waals surface area contributed by atoms with Gasteiger partial charge in [0.2, 0.25) is 5.75 Å². The minimum Gasteiger partial charge on any atom is -0.493 e. The second-order valence-electron chi connectivity index (χ2n) is 6.54. The topological polar surface area (TPSA) is 102 Å². The molecular weight excluding hydrogens is 390 g/mol. The highest BCUT2D eigenvalue weighted by Crippen LogP contribution is 2.38. The van der Waals surface area contributed by atoms with Crippen LogP contribution < -0.4 is 14.2 Å². The molecular formula is C22H25NO7. The van der Waals surface area contributed by atoms with Crippen LogP contribution in [0.25, 0.3) is 0 Å². The number of Topliss-reactive ketones (excluding diaryl/α,β-unsaturated/α-hetero) is 1. The van der Waals surface area contributed by atoms with E-state index in [2.05, 4.69) is 0 Å². The summed E-state index contributed by atoms with van der Waals surface area (Å²) in [6.07, 6.45) is 0.623. The Morgan fingerprint density at radius 1 is 0.967 bits per heavy atom. The van der Waals surface area contributed by atoms with Crippen molar-refractivity contribution >= 4 is 17.7 Å². The van der Waals surface area contributed by atoms with Gasteiger partial charge in [0.15, 0.2) is 11.5 Å². The fourth-order valence-corrected chi connectivity index (χ4v) is 3.07. The molecule has 8 heteroatoms. The first-order valence-corrected chi connectivity index (χ1v) is 9.22. The lowest BCUT2D eigenvalue weighted by Gasteiger charge is -2.24. The number of ketones is 1. The first-order chi connectivity index (χ1) is 14.3. The Morgan fingerprint density at radius 2 is 1.53 bits per heavy atom. The van der Waals surface area contributed by atoms with E-state index in [0.717, 1.165) is 10.5 Å². The minimum atomic E-state index is -1.18. The number of hydrogen-bond acceptors (Lipinski definition) is 6. The molecule has 8 nitrogen and oxygen atoms in total. The van der Waals surface area contributed by atoms with Gasteiger partial charge in [-0.25, -0.2) is 4.79 Å². The van der Waals surface area contributed by atoms with Gasteiger partial charge < -0.3 is 24.2 Å². The molecule has 0 aliphatic carbocycles. The number of benzene rings is 2. The van der Waals surface area contributed by atoms with Crippen molar-refractivity contribution in [3.63, 3.8) is 0 Å². The maximum absolute atomic E-state index is 12.8. The van der Waals surface area contributed by atoms with Gasteiger partial charge in [0.05, 0.1) is 21.3 Å². The Morgan fingerprint density at radius 3 is 2.00 bits per heavy atom. The lowest BCUT2D eigenvalue weighted by molar-refractivity contribution is -0.147. The van der Waals surface area contributed by atoms with Gasteiger partial charge in [0, 0.05) is 12.6 Å².